The molecule has 2 bridgehead atoms. The SMILES string of the molecule is CN1CC[C@]23c4c5c(C(O)[C@H]6OC(O)[C@@H](O)[C@@H](O)[C@@H]6O)cc(O)c4O[C@H]2[C@@H](O)C=C[C@H]3[C@H]1C5. The zero-order valence-corrected chi connectivity index (χ0v) is 18.0. The molecule has 180 valence electrons. The second kappa shape index (κ2) is 7.12. The number of nitrogens with zero attached hydrogens (tertiary/aromatic N) is 1. The van der Waals surface area contributed by atoms with Crippen LogP contribution in [0.3, 0.4) is 0 Å². The maximum atomic E-state index is 11.3. The van der Waals surface area contributed by atoms with Gasteiger partial charge < -0.3 is 50.1 Å². The number of piperidine rings is 1. The van der Waals surface area contributed by atoms with Crippen molar-refractivity contribution in [2.75, 3.05) is 13.6 Å². The van der Waals surface area contributed by atoms with E-state index in [1.807, 2.05) is 13.1 Å². The summed E-state index contributed by atoms with van der Waals surface area (Å²) < 4.78 is 11.4. The Bertz CT molecular complexity index is 1020. The van der Waals surface area contributed by atoms with Crippen LogP contribution in [0, 0.1) is 5.92 Å². The predicted molar refractivity (Wildman–Crippen MR) is 111 cm³/mol. The highest BCUT2D eigenvalue weighted by Gasteiger charge is 2.65. The van der Waals surface area contributed by atoms with Gasteiger partial charge in [-0.15, -0.1) is 0 Å². The van der Waals surface area contributed by atoms with Gasteiger partial charge in [-0.3, -0.25) is 0 Å². The zero-order chi connectivity index (χ0) is 23.4. The number of aromatic hydroxyl groups is 1. The van der Waals surface area contributed by atoms with Gasteiger partial charge in [0.05, 0.1) is 0 Å². The molecule has 0 saturated carbocycles. The average Bonchev–Trinajstić information content (AvgIpc) is 3.15. The number of aliphatic hydroxyl groups is 6. The first kappa shape index (κ1) is 21.8. The number of ether oxygens (including phenoxy) is 2. The number of phenolic OH excluding ortho intramolecular Hbond substituents is 1. The van der Waals surface area contributed by atoms with Crippen molar-refractivity contribution >= 4 is 0 Å². The van der Waals surface area contributed by atoms with Crippen LogP contribution in [0.5, 0.6) is 11.5 Å². The van der Waals surface area contributed by atoms with Crippen LogP contribution in [-0.4, -0.2) is 103 Å². The van der Waals surface area contributed by atoms with Gasteiger partial charge in [0.1, 0.15) is 42.7 Å². The molecule has 2 aliphatic carbocycles. The van der Waals surface area contributed by atoms with Crippen LogP contribution >= 0.6 is 0 Å². The number of hydrogen-bond acceptors (Lipinski definition) is 10. The van der Waals surface area contributed by atoms with Gasteiger partial charge in [0.25, 0.3) is 0 Å². The van der Waals surface area contributed by atoms with Crippen LogP contribution in [0.25, 0.3) is 0 Å². The van der Waals surface area contributed by atoms with E-state index in [9.17, 15) is 35.7 Å². The quantitative estimate of drug-likeness (QED) is 0.245. The van der Waals surface area contributed by atoms with E-state index in [2.05, 4.69) is 4.90 Å². The smallest absolute Gasteiger partial charge is 0.184 e. The average molecular weight is 463 g/mol. The second-order valence-corrected chi connectivity index (χ2v) is 10.1. The Morgan fingerprint density at radius 1 is 1.09 bits per heavy atom. The Kier molecular flexibility index (Phi) is 4.70. The van der Waals surface area contributed by atoms with Crippen molar-refractivity contribution in [3.8, 4) is 11.5 Å². The number of rotatable bonds is 2. The number of aliphatic hydroxyl groups excluding tert-OH is 6. The molecule has 0 aromatic heterocycles. The van der Waals surface area contributed by atoms with E-state index in [1.54, 1.807) is 6.08 Å². The van der Waals surface area contributed by atoms with Crippen molar-refractivity contribution in [3.05, 3.63) is 34.9 Å². The topological polar surface area (TPSA) is 163 Å². The van der Waals surface area contributed by atoms with Crippen LogP contribution in [0.1, 0.15) is 29.2 Å². The molecule has 2 saturated heterocycles. The molecule has 33 heavy (non-hydrogen) atoms. The first-order chi connectivity index (χ1) is 15.7. The number of hydrogen-bond donors (Lipinski definition) is 7. The normalized spacial score (nSPS) is 46.6. The fraction of sp³-hybridized carbons (Fsp3) is 0.652. The number of likely N-dealkylation sites (N-methyl/N-ethyl adjacent to an activating group) is 1. The standard InChI is InChI=1S/C23H29NO9/c1-24-5-4-23-10-2-3-12(25)21(23)32-19-13(26)7-9(8(14(19)23)6-11(10)24)15(27)20-17(29)16(28)18(30)22(31)33-20/h2-3,7,10-12,15-18,20-22,25-31H,4-6H2,1H3/t10-,11+,12-,15?,16-,17-,18-,20+,21-,22?,23-/m0/s1. The largest absolute Gasteiger partial charge is 0.504 e. The molecule has 0 radical (unpaired) electrons. The minimum absolute atomic E-state index is 0.0560. The highest BCUT2D eigenvalue weighted by molar-refractivity contribution is 5.64. The molecule has 3 aliphatic heterocycles. The van der Waals surface area contributed by atoms with E-state index in [0.29, 0.717) is 24.2 Å². The van der Waals surface area contributed by atoms with Gasteiger partial charge in [-0.25, -0.2) is 0 Å². The molecule has 5 aliphatic rings. The molecule has 6 rings (SSSR count). The monoisotopic (exact) mass is 463 g/mol. The van der Waals surface area contributed by atoms with E-state index in [4.69, 9.17) is 9.47 Å². The van der Waals surface area contributed by atoms with Gasteiger partial charge >= 0.3 is 0 Å². The maximum Gasteiger partial charge on any atom is 0.184 e. The molecule has 2 fully saturated rings. The molecule has 3 heterocycles. The van der Waals surface area contributed by atoms with Gasteiger partial charge in [0.2, 0.25) is 0 Å². The summed E-state index contributed by atoms with van der Waals surface area (Å²) in [6.07, 6.45) is -6.22. The first-order valence-electron chi connectivity index (χ1n) is 11.3. The minimum atomic E-state index is -1.79. The van der Waals surface area contributed by atoms with Crippen LogP contribution in [0.2, 0.25) is 0 Å². The van der Waals surface area contributed by atoms with Crippen molar-refractivity contribution in [3.63, 3.8) is 0 Å². The Morgan fingerprint density at radius 2 is 1.85 bits per heavy atom. The summed E-state index contributed by atoms with van der Waals surface area (Å²) in [6, 6.07) is 1.43. The summed E-state index contributed by atoms with van der Waals surface area (Å²) in [6.45, 7) is 0.786. The molecular weight excluding hydrogens is 434 g/mol. The van der Waals surface area contributed by atoms with E-state index in [1.165, 1.54) is 6.07 Å². The highest BCUT2D eigenvalue weighted by Crippen LogP contribution is 2.63. The lowest BCUT2D eigenvalue weighted by molar-refractivity contribution is -0.297. The molecule has 10 nitrogen and oxygen atoms in total. The molecule has 0 amide bonds. The molecule has 2 unspecified atom stereocenters. The predicted octanol–water partition coefficient (Wildman–Crippen LogP) is -1.97. The third-order valence-corrected chi connectivity index (χ3v) is 8.57. The molecule has 7 N–H and O–H groups in total. The first-order valence-corrected chi connectivity index (χ1v) is 11.3. The van der Waals surface area contributed by atoms with Gasteiger partial charge in [-0.1, -0.05) is 12.2 Å². The van der Waals surface area contributed by atoms with E-state index in [-0.39, 0.29) is 17.7 Å². The third-order valence-electron chi connectivity index (χ3n) is 8.57. The van der Waals surface area contributed by atoms with Crippen LogP contribution in [-0.2, 0) is 16.6 Å². The maximum absolute atomic E-state index is 11.3. The molecule has 1 spiro atoms. The van der Waals surface area contributed by atoms with Crippen molar-refractivity contribution in [2.45, 2.75) is 73.3 Å². The Balaban J connectivity index is 1.51. The van der Waals surface area contributed by atoms with Gasteiger partial charge in [-0.2, -0.15) is 0 Å². The molecule has 1 aromatic rings. The third kappa shape index (κ3) is 2.66. The van der Waals surface area contributed by atoms with Crippen molar-refractivity contribution in [1.29, 1.82) is 0 Å². The highest BCUT2D eigenvalue weighted by atomic mass is 16.6. The molecule has 10 heteroatoms. The number of phenols is 1. The van der Waals surface area contributed by atoms with Crippen LogP contribution in [0.15, 0.2) is 18.2 Å². The summed E-state index contributed by atoms with van der Waals surface area (Å²) in [7, 11) is 2.03. The summed E-state index contributed by atoms with van der Waals surface area (Å²) >= 11 is 0. The second-order valence-electron chi connectivity index (χ2n) is 10.1. The number of likely N-dealkylation sites (tertiary alicyclic amines) is 1. The minimum Gasteiger partial charge on any atom is -0.504 e. The number of benzene rings is 1. The summed E-state index contributed by atoms with van der Waals surface area (Å²) in [5.74, 6) is 0.171. The lowest BCUT2D eigenvalue weighted by Gasteiger charge is -2.56. The molecule has 11 atom stereocenters. The van der Waals surface area contributed by atoms with Crippen molar-refractivity contribution in [2.24, 2.45) is 5.92 Å². The Hall–Kier alpha value is -1.76. The lowest BCUT2D eigenvalue weighted by Crippen LogP contribution is -2.65. The van der Waals surface area contributed by atoms with Gasteiger partial charge in [-0.05, 0) is 43.6 Å². The molecule has 1 aromatic carbocycles. The lowest BCUT2D eigenvalue weighted by atomic mass is 9.53. The van der Waals surface area contributed by atoms with Crippen LogP contribution in [0.4, 0.5) is 0 Å². The van der Waals surface area contributed by atoms with E-state index in [0.717, 1.165) is 17.7 Å². The summed E-state index contributed by atoms with van der Waals surface area (Å²) in [5.41, 5.74) is 1.25. The van der Waals surface area contributed by atoms with Crippen LogP contribution < -0.4 is 4.74 Å². The van der Waals surface area contributed by atoms with Crippen molar-refractivity contribution in [1.82, 2.24) is 4.90 Å². The Labute approximate surface area is 189 Å². The van der Waals surface area contributed by atoms with Gasteiger partial charge in [0.15, 0.2) is 17.8 Å². The zero-order valence-electron chi connectivity index (χ0n) is 18.0. The fourth-order valence-electron chi connectivity index (χ4n) is 6.94. The fourth-order valence-corrected chi connectivity index (χ4v) is 6.94. The Morgan fingerprint density at radius 3 is 2.61 bits per heavy atom. The van der Waals surface area contributed by atoms with E-state index >= 15 is 0 Å². The summed E-state index contributed by atoms with van der Waals surface area (Å²) in [4.78, 5) is 2.24. The van der Waals surface area contributed by atoms with E-state index < -0.39 is 54.4 Å². The summed E-state index contributed by atoms with van der Waals surface area (Å²) in [5, 5.41) is 73.3. The molecular formula is C23H29NO9. The van der Waals surface area contributed by atoms with Gasteiger partial charge in [0, 0.05) is 22.9 Å². The van der Waals surface area contributed by atoms with Crippen molar-refractivity contribution < 1.29 is 45.2 Å².